The van der Waals surface area contributed by atoms with Crippen molar-refractivity contribution in [2.24, 2.45) is 7.05 Å². The average Bonchev–Trinajstić information content (AvgIpc) is 3.30. The Morgan fingerprint density at radius 2 is 1.87 bits per heavy atom. The van der Waals surface area contributed by atoms with E-state index in [1.54, 1.807) is 54.6 Å². The SMILES string of the molecule is COc1ccc(C(=O)Nc2ccc(C)c(Nc3nc(-c4cccnc4)nc4c3cnn4C)c2)cc1C(F)(F)F. The molecule has 12 heteroatoms. The van der Waals surface area contributed by atoms with Crippen molar-refractivity contribution in [1.82, 2.24) is 24.7 Å². The van der Waals surface area contributed by atoms with Crippen LogP contribution >= 0.6 is 0 Å². The zero-order valence-electron chi connectivity index (χ0n) is 21.0. The van der Waals surface area contributed by atoms with Gasteiger partial charge >= 0.3 is 6.18 Å². The summed E-state index contributed by atoms with van der Waals surface area (Å²) < 4.78 is 46.7. The van der Waals surface area contributed by atoms with Crippen LogP contribution in [0, 0.1) is 6.92 Å². The van der Waals surface area contributed by atoms with Gasteiger partial charge in [0.2, 0.25) is 0 Å². The van der Waals surface area contributed by atoms with Gasteiger partial charge in [-0.15, -0.1) is 0 Å². The minimum absolute atomic E-state index is 0.160. The number of benzene rings is 2. The number of fused-ring (bicyclic) bond motifs is 1. The molecule has 5 rings (SSSR count). The van der Waals surface area contributed by atoms with E-state index in [0.717, 1.165) is 30.4 Å². The summed E-state index contributed by atoms with van der Waals surface area (Å²) in [5.74, 6) is -0.126. The van der Waals surface area contributed by atoms with Crippen molar-refractivity contribution in [3.63, 3.8) is 0 Å². The molecule has 0 atom stereocenters. The normalized spacial score (nSPS) is 11.4. The third kappa shape index (κ3) is 5.21. The Bertz CT molecular complexity index is 1680. The third-order valence-corrected chi connectivity index (χ3v) is 6.03. The molecule has 0 bridgehead atoms. The molecule has 3 heterocycles. The highest BCUT2D eigenvalue weighted by Gasteiger charge is 2.35. The summed E-state index contributed by atoms with van der Waals surface area (Å²) in [6, 6.07) is 11.9. The van der Waals surface area contributed by atoms with Crippen molar-refractivity contribution < 1.29 is 22.7 Å². The molecule has 0 spiro atoms. The number of ether oxygens (including phenoxy) is 1. The Labute approximate surface area is 220 Å². The summed E-state index contributed by atoms with van der Waals surface area (Å²) in [6.07, 6.45) is 0.288. The van der Waals surface area contributed by atoms with Crippen LogP contribution in [0.4, 0.5) is 30.4 Å². The largest absolute Gasteiger partial charge is 0.496 e. The summed E-state index contributed by atoms with van der Waals surface area (Å²) in [5, 5.41) is 10.9. The number of methoxy groups -OCH3 is 1. The van der Waals surface area contributed by atoms with E-state index in [0.29, 0.717) is 34.1 Å². The number of alkyl halides is 3. The number of aryl methyl sites for hydroxylation is 2. The predicted molar refractivity (Wildman–Crippen MR) is 140 cm³/mol. The highest BCUT2D eigenvalue weighted by molar-refractivity contribution is 6.05. The molecule has 0 unspecified atom stereocenters. The number of carbonyl (C=O) groups is 1. The molecule has 39 heavy (non-hydrogen) atoms. The lowest BCUT2D eigenvalue weighted by Gasteiger charge is -2.15. The van der Waals surface area contributed by atoms with Crippen LogP contribution in [0.25, 0.3) is 22.4 Å². The monoisotopic (exact) mass is 533 g/mol. The van der Waals surface area contributed by atoms with Gasteiger partial charge in [-0.05, 0) is 55.0 Å². The molecular formula is C27H22F3N7O2. The van der Waals surface area contributed by atoms with E-state index in [1.807, 2.05) is 13.0 Å². The number of rotatable bonds is 6. The molecule has 0 aliphatic heterocycles. The first kappa shape index (κ1) is 25.6. The van der Waals surface area contributed by atoms with Crippen LogP contribution in [0.2, 0.25) is 0 Å². The van der Waals surface area contributed by atoms with E-state index in [4.69, 9.17) is 4.74 Å². The Balaban J connectivity index is 1.46. The zero-order valence-corrected chi connectivity index (χ0v) is 21.0. The van der Waals surface area contributed by atoms with Gasteiger partial charge in [-0.25, -0.2) is 9.97 Å². The highest BCUT2D eigenvalue weighted by Crippen LogP contribution is 2.37. The van der Waals surface area contributed by atoms with Gasteiger partial charge in [-0.3, -0.25) is 14.5 Å². The summed E-state index contributed by atoms with van der Waals surface area (Å²) in [6.45, 7) is 1.87. The van der Waals surface area contributed by atoms with Gasteiger partial charge in [0.15, 0.2) is 11.5 Å². The van der Waals surface area contributed by atoms with Crippen LogP contribution < -0.4 is 15.4 Å². The van der Waals surface area contributed by atoms with Crippen molar-refractivity contribution in [3.8, 4) is 17.1 Å². The average molecular weight is 534 g/mol. The van der Waals surface area contributed by atoms with Crippen LogP contribution in [0.3, 0.4) is 0 Å². The smallest absolute Gasteiger partial charge is 0.419 e. The van der Waals surface area contributed by atoms with Crippen molar-refractivity contribution >= 4 is 34.1 Å². The van der Waals surface area contributed by atoms with Gasteiger partial charge in [-0.2, -0.15) is 18.3 Å². The van der Waals surface area contributed by atoms with Crippen molar-refractivity contribution in [3.05, 3.63) is 83.8 Å². The van der Waals surface area contributed by atoms with E-state index >= 15 is 0 Å². The summed E-state index contributed by atoms with van der Waals surface area (Å²) in [4.78, 5) is 26.3. The second-order valence-corrected chi connectivity index (χ2v) is 8.66. The lowest BCUT2D eigenvalue weighted by molar-refractivity contribution is -0.138. The lowest BCUT2D eigenvalue weighted by Crippen LogP contribution is -2.15. The van der Waals surface area contributed by atoms with E-state index in [-0.39, 0.29) is 11.3 Å². The van der Waals surface area contributed by atoms with E-state index in [2.05, 4.69) is 30.7 Å². The van der Waals surface area contributed by atoms with Crippen LogP contribution in [0.15, 0.2) is 67.1 Å². The number of halogens is 3. The number of aromatic nitrogens is 5. The number of amides is 1. The molecule has 0 saturated carbocycles. The summed E-state index contributed by atoms with van der Waals surface area (Å²) in [5.41, 5.74) is 1.98. The van der Waals surface area contributed by atoms with Crippen molar-refractivity contribution in [1.29, 1.82) is 0 Å². The number of carbonyl (C=O) groups excluding carboxylic acids is 1. The van der Waals surface area contributed by atoms with E-state index < -0.39 is 17.6 Å². The summed E-state index contributed by atoms with van der Waals surface area (Å²) in [7, 11) is 2.92. The van der Waals surface area contributed by atoms with Gasteiger partial charge in [0.05, 0.1) is 24.3 Å². The van der Waals surface area contributed by atoms with Crippen molar-refractivity contribution in [2.45, 2.75) is 13.1 Å². The maximum absolute atomic E-state index is 13.4. The van der Waals surface area contributed by atoms with Crippen molar-refractivity contribution in [2.75, 3.05) is 17.7 Å². The fourth-order valence-electron chi connectivity index (χ4n) is 3.98. The molecule has 9 nitrogen and oxygen atoms in total. The van der Waals surface area contributed by atoms with E-state index in [1.165, 1.54) is 6.07 Å². The quantitative estimate of drug-likeness (QED) is 0.286. The van der Waals surface area contributed by atoms with Gasteiger partial charge in [0.1, 0.15) is 11.6 Å². The Kier molecular flexibility index (Phi) is 6.60. The molecule has 3 aromatic heterocycles. The summed E-state index contributed by atoms with van der Waals surface area (Å²) >= 11 is 0. The number of nitrogens with zero attached hydrogens (tertiary/aromatic N) is 5. The zero-order chi connectivity index (χ0) is 27.7. The molecule has 0 saturated heterocycles. The molecule has 1 amide bonds. The minimum atomic E-state index is -4.67. The molecule has 2 N–H and O–H groups in total. The standard InChI is InChI=1S/C27H22F3N7O2/c1-15-6-8-18(33-26(38)16-7-9-22(39-3)20(11-16)27(28,29)30)12-21(15)34-24-19-14-32-37(2)25(19)36-23(35-24)17-5-4-10-31-13-17/h4-14H,1-3H3,(H,33,38)(H,34,35,36). The number of pyridine rings is 1. The third-order valence-electron chi connectivity index (χ3n) is 6.03. The fraction of sp³-hybridized carbons (Fsp3) is 0.148. The lowest BCUT2D eigenvalue weighted by atomic mass is 10.1. The maximum atomic E-state index is 13.4. The molecule has 2 aromatic carbocycles. The second kappa shape index (κ2) is 10.0. The first-order valence-corrected chi connectivity index (χ1v) is 11.7. The Hall–Kier alpha value is -5.00. The number of hydrogen-bond donors (Lipinski definition) is 2. The molecular weight excluding hydrogens is 511 g/mol. The van der Waals surface area contributed by atoms with Gasteiger partial charge < -0.3 is 15.4 Å². The predicted octanol–water partition coefficient (Wildman–Crippen LogP) is 5.76. The molecule has 0 radical (unpaired) electrons. The van der Waals surface area contributed by atoms with Gasteiger partial charge in [0.25, 0.3) is 5.91 Å². The first-order valence-electron chi connectivity index (χ1n) is 11.7. The molecule has 198 valence electrons. The molecule has 5 aromatic rings. The second-order valence-electron chi connectivity index (χ2n) is 8.66. The fourth-order valence-corrected chi connectivity index (χ4v) is 3.98. The highest BCUT2D eigenvalue weighted by atomic mass is 19.4. The van der Waals surface area contributed by atoms with Crippen LogP contribution in [-0.2, 0) is 13.2 Å². The molecule has 0 aliphatic rings. The topological polar surface area (TPSA) is 107 Å². The minimum Gasteiger partial charge on any atom is -0.496 e. The van der Waals surface area contributed by atoms with Crippen LogP contribution in [-0.4, -0.2) is 37.7 Å². The van der Waals surface area contributed by atoms with Gasteiger partial charge in [-0.1, -0.05) is 6.07 Å². The van der Waals surface area contributed by atoms with Crippen LogP contribution in [0.5, 0.6) is 5.75 Å². The Morgan fingerprint density at radius 3 is 2.59 bits per heavy atom. The van der Waals surface area contributed by atoms with Crippen LogP contribution in [0.1, 0.15) is 21.5 Å². The molecule has 0 aliphatic carbocycles. The molecule has 0 fully saturated rings. The first-order chi connectivity index (χ1) is 18.6. The van der Waals surface area contributed by atoms with Gasteiger partial charge in [0, 0.05) is 41.9 Å². The number of nitrogens with one attached hydrogen (secondary N) is 2. The maximum Gasteiger partial charge on any atom is 0.419 e. The Morgan fingerprint density at radius 1 is 1.05 bits per heavy atom. The number of hydrogen-bond acceptors (Lipinski definition) is 7. The number of anilines is 3. The van der Waals surface area contributed by atoms with E-state index in [9.17, 15) is 18.0 Å².